The molecule has 6 heteroatoms. The van der Waals surface area contributed by atoms with E-state index in [4.69, 9.17) is 0 Å². The lowest BCUT2D eigenvalue weighted by Gasteiger charge is -2.21. The van der Waals surface area contributed by atoms with Crippen molar-refractivity contribution >= 4 is 17.7 Å². The van der Waals surface area contributed by atoms with Gasteiger partial charge in [-0.3, -0.25) is 4.68 Å². The Kier molecular flexibility index (Phi) is 3.01. The van der Waals surface area contributed by atoms with Gasteiger partial charge in [-0.2, -0.15) is 10.1 Å². The van der Waals surface area contributed by atoms with Gasteiger partial charge in [-0.05, 0) is 13.8 Å². The van der Waals surface area contributed by atoms with Crippen molar-refractivity contribution in [2.24, 2.45) is 4.99 Å². The molecule has 1 heterocycles. The Morgan fingerprint density at radius 2 is 2.33 bits per heavy atom. The van der Waals surface area contributed by atoms with E-state index in [1.807, 2.05) is 0 Å². The molecule has 0 radical (unpaired) electrons. The van der Waals surface area contributed by atoms with Crippen LogP contribution >= 0.6 is 0 Å². The largest absolute Gasteiger partial charge is 0.467 e. The summed E-state index contributed by atoms with van der Waals surface area (Å²) in [7, 11) is 1.30. The predicted octanol–water partition coefficient (Wildman–Crippen LogP) is 0.758. The first-order chi connectivity index (χ1) is 7.02. The van der Waals surface area contributed by atoms with Crippen LogP contribution in [0.25, 0.3) is 0 Å². The molecule has 0 N–H and O–H groups in total. The highest BCUT2D eigenvalue weighted by molar-refractivity contribution is 5.77. The number of aliphatic imine (C=N–C) groups is 1. The Morgan fingerprint density at radius 3 is 2.87 bits per heavy atom. The molecule has 0 saturated carbocycles. The molecule has 0 aliphatic rings. The van der Waals surface area contributed by atoms with E-state index in [0.29, 0.717) is 5.69 Å². The normalized spacial score (nSPS) is 10.6. The van der Waals surface area contributed by atoms with Crippen LogP contribution in [-0.4, -0.2) is 28.9 Å². The molecule has 80 valence electrons. The van der Waals surface area contributed by atoms with E-state index in [9.17, 15) is 9.59 Å². The summed E-state index contributed by atoms with van der Waals surface area (Å²) in [6.45, 7) is 3.31. The molecule has 0 aliphatic heterocycles. The van der Waals surface area contributed by atoms with Crippen molar-refractivity contribution in [2.75, 3.05) is 7.11 Å². The van der Waals surface area contributed by atoms with Crippen molar-refractivity contribution in [1.29, 1.82) is 0 Å². The van der Waals surface area contributed by atoms with Gasteiger partial charge in [0.2, 0.25) is 6.08 Å². The Balaban J connectivity index is 3.04. The van der Waals surface area contributed by atoms with Crippen LogP contribution in [0.15, 0.2) is 17.4 Å². The summed E-state index contributed by atoms with van der Waals surface area (Å²) in [5.74, 6) is -0.424. The molecule has 1 aromatic rings. The molecule has 1 rings (SSSR count). The van der Waals surface area contributed by atoms with Gasteiger partial charge >= 0.3 is 5.97 Å². The van der Waals surface area contributed by atoms with Crippen molar-refractivity contribution in [3.05, 3.63) is 12.4 Å². The summed E-state index contributed by atoms with van der Waals surface area (Å²) >= 11 is 0. The highest BCUT2D eigenvalue weighted by Crippen LogP contribution is 2.19. The average Bonchev–Trinajstić information content (AvgIpc) is 2.66. The molecular formula is C9H11N3O3. The van der Waals surface area contributed by atoms with Gasteiger partial charge in [-0.1, -0.05) is 0 Å². The second-order valence-corrected chi connectivity index (χ2v) is 3.40. The Hall–Kier alpha value is -1.94. The van der Waals surface area contributed by atoms with Gasteiger partial charge in [0, 0.05) is 0 Å². The number of esters is 1. The van der Waals surface area contributed by atoms with Crippen LogP contribution in [-0.2, 0) is 19.9 Å². The number of ether oxygens (including phenoxy) is 1. The lowest BCUT2D eigenvalue weighted by atomic mass is 10.1. The lowest BCUT2D eigenvalue weighted by molar-refractivity contribution is -0.150. The van der Waals surface area contributed by atoms with E-state index in [1.165, 1.54) is 30.3 Å². The first kappa shape index (κ1) is 11.1. The van der Waals surface area contributed by atoms with Crippen LogP contribution < -0.4 is 0 Å². The zero-order valence-electron chi connectivity index (χ0n) is 8.72. The van der Waals surface area contributed by atoms with E-state index < -0.39 is 11.5 Å². The maximum atomic E-state index is 11.4. The van der Waals surface area contributed by atoms with Gasteiger partial charge in [-0.25, -0.2) is 9.59 Å². The van der Waals surface area contributed by atoms with Gasteiger partial charge in [-0.15, -0.1) is 0 Å². The van der Waals surface area contributed by atoms with Crippen molar-refractivity contribution < 1.29 is 14.3 Å². The molecule has 0 aliphatic carbocycles. The fourth-order valence-electron chi connectivity index (χ4n) is 1.07. The van der Waals surface area contributed by atoms with E-state index in [2.05, 4.69) is 14.8 Å². The standard InChI is InChI=1S/C9H11N3O3/c1-9(2,8(14)15-3)12-5-7(4-11-12)10-6-13/h4-5H,1-3H3. The van der Waals surface area contributed by atoms with Crippen molar-refractivity contribution in [1.82, 2.24) is 9.78 Å². The second kappa shape index (κ2) is 4.06. The zero-order valence-corrected chi connectivity index (χ0v) is 8.72. The summed E-state index contributed by atoms with van der Waals surface area (Å²) in [5.41, 5.74) is -0.576. The minimum atomic E-state index is -0.925. The molecule has 0 saturated heterocycles. The summed E-state index contributed by atoms with van der Waals surface area (Å²) in [6.07, 6.45) is 4.24. The molecule has 0 bridgehead atoms. The number of aromatic nitrogens is 2. The molecule has 0 amide bonds. The summed E-state index contributed by atoms with van der Waals surface area (Å²) in [6, 6.07) is 0. The highest BCUT2D eigenvalue weighted by atomic mass is 16.5. The monoisotopic (exact) mass is 209 g/mol. The van der Waals surface area contributed by atoms with Crippen LogP contribution in [0.1, 0.15) is 13.8 Å². The Labute approximate surface area is 86.6 Å². The zero-order chi connectivity index (χ0) is 11.5. The number of carbonyl (C=O) groups is 1. The molecule has 0 atom stereocenters. The molecule has 0 fully saturated rings. The number of rotatable bonds is 3. The molecule has 15 heavy (non-hydrogen) atoms. The quantitative estimate of drug-likeness (QED) is 0.418. The van der Waals surface area contributed by atoms with Gasteiger partial charge in [0.15, 0.2) is 5.54 Å². The third-order valence-electron chi connectivity index (χ3n) is 2.00. The number of methoxy groups -OCH3 is 1. The maximum Gasteiger partial charge on any atom is 0.333 e. The molecule has 0 aromatic carbocycles. The molecular weight excluding hydrogens is 198 g/mol. The number of nitrogens with zero attached hydrogens (tertiary/aromatic N) is 3. The number of hydrogen-bond donors (Lipinski definition) is 0. The van der Waals surface area contributed by atoms with E-state index >= 15 is 0 Å². The third kappa shape index (κ3) is 2.11. The van der Waals surface area contributed by atoms with Crippen molar-refractivity contribution in [2.45, 2.75) is 19.4 Å². The van der Waals surface area contributed by atoms with E-state index in [0.717, 1.165) is 0 Å². The summed E-state index contributed by atoms with van der Waals surface area (Å²) in [4.78, 5) is 24.8. The molecule has 0 unspecified atom stereocenters. The summed E-state index contributed by atoms with van der Waals surface area (Å²) < 4.78 is 6.01. The van der Waals surface area contributed by atoms with Crippen LogP contribution in [0.3, 0.4) is 0 Å². The van der Waals surface area contributed by atoms with E-state index in [-0.39, 0.29) is 0 Å². The fraction of sp³-hybridized carbons (Fsp3) is 0.444. The maximum absolute atomic E-state index is 11.4. The van der Waals surface area contributed by atoms with Crippen LogP contribution in [0.5, 0.6) is 0 Å². The van der Waals surface area contributed by atoms with Crippen LogP contribution in [0, 0.1) is 0 Å². The average molecular weight is 209 g/mol. The fourth-order valence-corrected chi connectivity index (χ4v) is 1.07. The van der Waals surface area contributed by atoms with Gasteiger partial charge in [0.25, 0.3) is 0 Å². The third-order valence-corrected chi connectivity index (χ3v) is 2.00. The molecule has 0 spiro atoms. The number of carbonyl (C=O) groups excluding carboxylic acids is 2. The minimum Gasteiger partial charge on any atom is -0.467 e. The number of hydrogen-bond acceptors (Lipinski definition) is 5. The van der Waals surface area contributed by atoms with Crippen molar-refractivity contribution in [3.8, 4) is 0 Å². The van der Waals surface area contributed by atoms with Crippen LogP contribution in [0.2, 0.25) is 0 Å². The van der Waals surface area contributed by atoms with Gasteiger partial charge in [0.05, 0.1) is 19.5 Å². The second-order valence-electron chi connectivity index (χ2n) is 3.40. The van der Waals surface area contributed by atoms with Crippen LogP contribution in [0.4, 0.5) is 5.69 Å². The SMILES string of the molecule is COC(=O)C(C)(C)n1cc(N=C=O)cn1. The highest BCUT2D eigenvalue weighted by Gasteiger charge is 2.31. The predicted molar refractivity (Wildman–Crippen MR) is 51.3 cm³/mol. The first-order valence-electron chi connectivity index (χ1n) is 4.24. The first-order valence-corrected chi connectivity index (χ1v) is 4.24. The Morgan fingerprint density at radius 1 is 1.67 bits per heavy atom. The molecule has 6 nitrogen and oxygen atoms in total. The van der Waals surface area contributed by atoms with E-state index in [1.54, 1.807) is 13.8 Å². The Bertz CT molecular complexity index is 416. The van der Waals surface area contributed by atoms with Gasteiger partial charge < -0.3 is 4.74 Å². The lowest BCUT2D eigenvalue weighted by Crippen LogP contribution is -2.37. The molecule has 1 aromatic heterocycles. The minimum absolute atomic E-state index is 0.349. The topological polar surface area (TPSA) is 73.6 Å². The smallest absolute Gasteiger partial charge is 0.333 e. The number of isocyanates is 1. The van der Waals surface area contributed by atoms with Crippen molar-refractivity contribution in [3.63, 3.8) is 0 Å². The van der Waals surface area contributed by atoms with Gasteiger partial charge in [0.1, 0.15) is 5.69 Å². The summed E-state index contributed by atoms with van der Waals surface area (Å²) in [5, 5.41) is 3.92.